The average molecular weight is 879 g/mol. The van der Waals surface area contributed by atoms with Gasteiger partial charge in [-0.2, -0.15) is 4.98 Å². The molecule has 1 saturated heterocycles. The van der Waals surface area contributed by atoms with Crippen molar-refractivity contribution >= 4 is 62.6 Å². The van der Waals surface area contributed by atoms with Crippen molar-refractivity contribution < 1.29 is 57.7 Å². The monoisotopic (exact) mass is 878 g/mol. The van der Waals surface area contributed by atoms with Gasteiger partial charge in [0.2, 0.25) is 19.3 Å². The minimum Gasteiger partial charge on any atom is -0.465 e. The van der Waals surface area contributed by atoms with E-state index in [2.05, 4.69) is 35.3 Å². The largest absolute Gasteiger partial charge is 0.465 e. The minimum atomic E-state index is -3.61. The van der Waals surface area contributed by atoms with Crippen LogP contribution in [0.25, 0.3) is 11.2 Å². The Morgan fingerprint density at radius 2 is 1.37 bits per heavy atom. The number of carbonyl (C=O) groups excluding carboxylic acids is 5. The fourth-order valence-corrected chi connectivity index (χ4v) is 9.53. The van der Waals surface area contributed by atoms with Gasteiger partial charge in [-0.1, -0.05) is 0 Å². The second-order valence-corrected chi connectivity index (χ2v) is 17.5. The number of nitrogen functional groups attached to an aromatic ring is 1. The summed E-state index contributed by atoms with van der Waals surface area (Å²) in [4.78, 5) is 84.9. The van der Waals surface area contributed by atoms with Crippen molar-refractivity contribution in [3.8, 4) is 0 Å². The summed E-state index contributed by atoms with van der Waals surface area (Å²) < 4.78 is 35.2. The van der Waals surface area contributed by atoms with Crippen molar-refractivity contribution in [3.63, 3.8) is 0 Å². The van der Waals surface area contributed by atoms with Crippen LogP contribution in [0.2, 0.25) is 0 Å². The zero-order valence-corrected chi connectivity index (χ0v) is 36.5. The van der Waals surface area contributed by atoms with Gasteiger partial charge in [0, 0.05) is 25.7 Å². The maximum Gasteiger partial charge on any atom is 0.323 e. The number of amides is 1. The van der Waals surface area contributed by atoms with Crippen LogP contribution in [0.4, 0.5) is 5.95 Å². The number of rotatable bonds is 22. The standard InChI is InChI=1S/C22H35N8O7P.C12H25N2O6P/c1-5-36-20(33)13(3)27-38(35,28-14(4)21(34)37-6-2)10-8-16(31)29-9-7-15(11-29)30-12-24-17-18(30)25-22(23)26-19(17)32;1-5-19-11(17)8(3)13-21(10(16)7-15)14-9(4)12(18)20-6-2/h12-15H,5-11H2,1-4H3,(H2,27,28,35)(H3,23,25,26,32);8-10,13-16H,5-7H2,1-4H3. The smallest absolute Gasteiger partial charge is 0.323 e. The number of fused-ring (bicyclic) bond motifs is 1. The molecule has 2 aromatic rings. The van der Waals surface area contributed by atoms with Gasteiger partial charge < -0.3 is 44.4 Å². The van der Waals surface area contributed by atoms with Crippen molar-refractivity contribution in [3.05, 3.63) is 16.7 Å². The van der Waals surface area contributed by atoms with Crippen LogP contribution < -0.4 is 31.6 Å². The molecule has 23 nitrogen and oxygen atoms in total. The number of imidazole rings is 1. The zero-order chi connectivity index (χ0) is 44.4. The van der Waals surface area contributed by atoms with E-state index in [0.717, 1.165) is 0 Å². The quantitative estimate of drug-likeness (QED) is 0.0432. The van der Waals surface area contributed by atoms with Gasteiger partial charge in [0.05, 0.1) is 53.6 Å². The average Bonchev–Trinajstić information content (AvgIpc) is 3.85. The predicted octanol–water partition coefficient (Wildman–Crippen LogP) is -0.168. The molecule has 0 aromatic carbocycles. The summed E-state index contributed by atoms with van der Waals surface area (Å²) in [6, 6.07) is -3.41. The lowest BCUT2D eigenvalue weighted by Crippen LogP contribution is -2.43. The molecule has 0 aliphatic carbocycles. The number of nitrogens with zero attached hydrogens (tertiary/aromatic N) is 4. The summed E-state index contributed by atoms with van der Waals surface area (Å²) in [6.45, 7) is 13.9. The van der Waals surface area contributed by atoms with E-state index >= 15 is 0 Å². The Hall–Kier alpha value is -4.08. The highest BCUT2D eigenvalue weighted by atomic mass is 31.2. The van der Waals surface area contributed by atoms with E-state index in [9.17, 15) is 38.4 Å². The molecular formula is C34H60N10O13P2. The Morgan fingerprint density at radius 3 is 1.83 bits per heavy atom. The van der Waals surface area contributed by atoms with Crippen molar-refractivity contribution in [1.29, 1.82) is 0 Å². The number of aromatic amines is 1. The summed E-state index contributed by atoms with van der Waals surface area (Å²) in [5.41, 5.74) is 5.73. The molecule has 0 saturated carbocycles. The van der Waals surface area contributed by atoms with E-state index in [1.165, 1.54) is 20.2 Å². The lowest BCUT2D eigenvalue weighted by Gasteiger charge is -2.28. The normalized spacial score (nSPS) is 17.9. The van der Waals surface area contributed by atoms with E-state index in [4.69, 9.17) is 29.8 Å². The topological polar surface area (TPSA) is 321 Å². The fraction of sp³-hybridized carbons (Fsp3) is 0.706. The van der Waals surface area contributed by atoms with Gasteiger partial charge in [0.1, 0.15) is 30.0 Å². The first-order valence-corrected chi connectivity index (χ1v) is 22.6. The number of carbonyl (C=O) groups is 5. The molecule has 59 heavy (non-hydrogen) atoms. The van der Waals surface area contributed by atoms with E-state index in [0.29, 0.717) is 25.2 Å². The first kappa shape index (κ1) is 51.1. The fourth-order valence-electron chi connectivity index (χ4n) is 5.60. The molecule has 0 spiro atoms. The molecule has 3 rings (SSSR count). The van der Waals surface area contributed by atoms with Crippen LogP contribution in [-0.2, 0) is 47.5 Å². The summed E-state index contributed by atoms with van der Waals surface area (Å²) in [5.74, 6) is -3.56. The van der Waals surface area contributed by atoms with Crippen molar-refractivity contribution in [2.75, 3.05) is 58.0 Å². The summed E-state index contributed by atoms with van der Waals surface area (Å²) >= 11 is 0. The van der Waals surface area contributed by atoms with Gasteiger partial charge >= 0.3 is 23.9 Å². The molecule has 6 unspecified atom stereocenters. The Morgan fingerprint density at radius 1 is 0.898 bits per heavy atom. The molecule has 1 fully saturated rings. The number of hydrogen-bond donors (Lipinski definition) is 8. The maximum atomic E-state index is 13.8. The zero-order valence-electron chi connectivity index (χ0n) is 34.8. The number of nitrogens with two attached hydrogens (primary N) is 1. The first-order valence-electron chi connectivity index (χ1n) is 19.3. The van der Waals surface area contributed by atoms with Crippen LogP contribution in [0.15, 0.2) is 11.1 Å². The van der Waals surface area contributed by atoms with Crippen LogP contribution in [-0.4, -0.2) is 147 Å². The first-order chi connectivity index (χ1) is 27.8. The maximum absolute atomic E-state index is 13.8. The SMILES string of the molecule is CCOC(=O)C(C)NP(=O)(CCC(=O)N1CCC(n2cnc3c(=O)[nH]c(N)nc32)C1)NC(C)C(=O)OCC.CCOC(=O)C(C)NP(NC(C)C(=O)OCC)C(O)CO. The van der Waals surface area contributed by atoms with E-state index in [-0.39, 0.29) is 62.4 Å². The minimum absolute atomic E-state index is 0.0278. The highest BCUT2D eigenvalue weighted by Crippen LogP contribution is 2.39. The third kappa shape index (κ3) is 15.8. The Labute approximate surface area is 343 Å². The molecule has 0 radical (unpaired) electrons. The molecule has 334 valence electrons. The van der Waals surface area contributed by atoms with E-state index in [1.54, 1.807) is 51.0 Å². The summed E-state index contributed by atoms with van der Waals surface area (Å²) in [7, 11) is -5.20. The second-order valence-electron chi connectivity index (χ2n) is 13.2. The lowest BCUT2D eigenvalue weighted by molar-refractivity contribution is -0.145. The highest BCUT2D eigenvalue weighted by molar-refractivity contribution is 7.60. The molecule has 2 aromatic heterocycles. The van der Waals surface area contributed by atoms with Gasteiger partial charge in [0.15, 0.2) is 11.2 Å². The van der Waals surface area contributed by atoms with Gasteiger partial charge in [-0.05, 0) is 61.8 Å². The van der Waals surface area contributed by atoms with Crippen LogP contribution in [0.5, 0.6) is 0 Å². The molecular weight excluding hydrogens is 818 g/mol. The summed E-state index contributed by atoms with van der Waals surface area (Å²) in [6.07, 6.45) is 1.84. The summed E-state index contributed by atoms with van der Waals surface area (Å²) in [5, 5.41) is 30.0. The van der Waals surface area contributed by atoms with E-state index < -0.39 is 81.7 Å². The molecule has 0 bridgehead atoms. The highest BCUT2D eigenvalue weighted by Gasteiger charge is 2.35. The van der Waals surface area contributed by atoms with Crippen molar-refractivity contribution in [2.45, 2.75) is 104 Å². The van der Waals surface area contributed by atoms with Crippen LogP contribution in [0.1, 0.15) is 74.3 Å². The van der Waals surface area contributed by atoms with Gasteiger partial charge in [0.25, 0.3) is 5.56 Å². The molecule has 1 amide bonds. The lowest BCUT2D eigenvalue weighted by atomic mass is 10.2. The van der Waals surface area contributed by atoms with Gasteiger partial charge in [-0.15, -0.1) is 0 Å². The Balaban J connectivity index is 0.000000486. The van der Waals surface area contributed by atoms with Crippen LogP contribution in [0.3, 0.4) is 0 Å². The number of nitrogens with one attached hydrogen (secondary N) is 5. The van der Waals surface area contributed by atoms with Crippen LogP contribution in [0, 0.1) is 0 Å². The molecule has 1 aliphatic rings. The number of H-pyrrole nitrogens is 1. The number of aliphatic hydroxyl groups is 2. The predicted molar refractivity (Wildman–Crippen MR) is 217 cm³/mol. The Kier molecular flexibility index (Phi) is 21.5. The number of likely N-dealkylation sites (tertiary alicyclic amines) is 1. The number of aromatic nitrogens is 4. The number of anilines is 1. The van der Waals surface area contributed by atoms with Crippen molar-refractivity contribution in [2.24, 2.45) is 0 Å². The molecule has 6 atom stereocenters. The second kappa shape index (κ2) is 24.9. The Bertz CT molecular complexity index is 1760. The molecule has 3 heterocycles. The number of esters is 4. The van der Waals surface area contributed by atoms with Gasteiger partial charge in [-0.25, -0.2) is 15.2 Å². The molecule has 25 heteroatoms. The third-order valence-electron chi connectivity index (χ3n) is 8.49. The van der Waals surface area contributed by atoms with Crippen molar-refractivity contribution in [1.82, 2.24) is 44.8 Å². The third-order valence-corrected chi connectivity index (χ3v) is 13.0. The molecule has 9 N–H and O–H groups in total. The number of hydrogen-bond acceptors (Lipinski definition) is 18. The number of ether oxygens (including phenoxy) is 4. The molecule has 1 aliphatic heterocycles. The van der Waals surface area contributed by atoms with Gasteiger partial charge in [-0.3, -0.25) is 48.5 Å². The number of aliphatic hydroxyl groups excluding tert-OH is 2. The van der Waals surface area contributed by atoms with E-state index in [1.807, 2.05) is 0 Å². The van der Waals surface area contributed by atoms with Crippen LogP contribution >= 0.6 is 15.7 Å².